The molecular formula is C15H20N4. The molecule has 100 valence electrons. The molecule has 0 fully saturated rings. The van der Waals surface area contributed by atoms with Gasteiger partial charge in [0.1, 0.15) is 0 Å². The summed E-state index contributed by atoms with van der Waals surface area (Å²) >= 11 is 0. The van der Waals surface area contributed by atoms with Crippen LogP contribution in [0.25, 0.3) is 0 Å². The molecule has 0 aliphatic heterocycles. The topological polar surface area (TPSA) is 41.1 Å². The minimum Gasteiger partial charge on any atom is -0.328 e. The van der Waals surface area contributed by atoms with Crippen molar-refractivity contribution in [2.75, 3.05) is 19.0 Å². The number of nitrogens with zero attached hydrogens (tertiary/aromatic N) is 3. The van der Waals surface area contributed by atoms with E-state index >= 15 is 0 Å². The van der Waals surface area contributed by atoms with Crippen molar-refractivity contribution in [1.82, 2.24) is 15.3 Å². The third-order valence-corrected chi connectivity index (χ3v) is 3.13. The van der Waals surface area contributed by atoms with E-state index in [0.29, 0.717) is 0 Å². The highest BCUT2D eigenvalue weighted by Crippen LogP contribution is 2.21. The van der Waals surface area contributed by atoms with E-state index < -0.39 is 0 Å². The Kier molecular flexibility index (Phi) is 4.47. The van der Waals surface area contributed by atoms with Crippen LogP contribution in [0.1, 0.15) is 18.2 Å². The third-order valence-electron chi connectivity index (χ3n) is 3.13. The lowest BCUT2D eigenvalue weighted by atomic mass is 10.1. The lowest BCUT2D eigenvalue weighted by molar-refractivity contribution is 0.783. The Morgan fingerprint density at radius 3 is 2.37 bits per heavy atom. The molecule has 0 saturated carbocycles. The molecule has 4 nitrogen and oxygen atoms in total. The third kappa shape index (κ3) is 3.29. The standard InChI is InChI=1S/C15H20N4/c1-4-12-5-7-14(8-6-12)19(3)15-11-17-13(9-16-2)10-18-15/h5-8,10-11,16H,4,9H2,1-3H3. The van der Waals surface area contributed by atoms with Crippen molar-refractivity contribution >= 4 is 11.5 Å². The van der Waals surface area contributed by atoms with Gasteiger partial charge in [0.25, 0.3) is 0 Å². The van der Waals surface area contributed by atoms with Crippen molar-refractivity contribution in [2.24, 2.45) is 0 Å². The number of aryl methyl sites for hydroxylation is 1. The molecule has 0 spiro atoms. The number of aromatic nitrogens is 2. The van der Waals surface area contributed by atoms with Crippen LogP contribution in [-0.4, -0.2) is 24.1 Å². The Hall–Kier alpha value is -1.94. The van der Waals surface area contributed by atoms with Crippen molar-refractivity contribution < 1.29 is 0 Å². The monoisotopic (exact) mass is 256 g/mol. The summed E-state index contributed by atoms with van der Waals surface area (Å²) in [7, 11) is 3.90. The van der Waals surface area contributed by atoms with Crippen LogP contribution in [0.2, 0.25) is 0 Å². The largest absolute Gasteiger partial charge is 0.328 e. The zero-order chi connectivity index (χ0) is 13.7. The van der Waals surface area contributed by atoms with Crippen LogP contribution in [0.3, 0.4) is 0 Å². The molecule has 0 atom stereocenters. The van der Waals surface area contributed by atoms with Gasteiger partial charge in [-0.1, -0.05) is 19.1 Å². The average Bonchev–Trinajstić information content (AvgIpc) is 2.48. The van der Waals surface area contributed by atoms with Crippen LogP contribution >= 0.6 is 0 Å². The van der Waals surface area contributed by atoms with Gasteiger partial charge in [0, 0.05) is 19.3 Å². The summed E-state index contributed by atoms with van der Waals surface area (Å²) in [5.41, 5.74) is 3.40. The van der Waals surface area contributed by atoms with Gasteiger partial charge >= 0.3 is 0 Å². The Labute approximate surface area is 114 Å². The summed E-state index contributed by atoms with van der Waals surface area (Å²) in [6, 6.07) is 8.52. The molecular weight excluding hydrogens is 236 g/mol. The highest BCUT2D eigenvalue weighted by molar-refractivity contribution is 5.58. The second-order valence-corrected chi connectivity index (χ2v) is 4.48. The maximum atomic E-state index is 4.44. The fourth-order valence-electron chi connectivity index (χ4n) is 1.88. The molecule has 1 aromatic heterocycles. The van der Waals surface area contributed by atoms with E-state index in [1.54, 1.807) is 6.20 Å². The highest BCUT2D eigenvalue weighted by Gasteiger charge is 2.05. The second kappa shape index (κ2) is 6.29. The summed E-state index contributed by atoms with van der Waals surface area (Å²) in [6.45, 7) is 2.90. The number of nitrogens with one attached hydrogen (secondary N) is 1. The predicted molar refractivity (Wildman–Crippen MR) is 78.7 cm³/mol. The minimum absolute atomic E-state index is 0.738. The number of hydrogen-bond acceptors (Lipinski definition) is 4. The molecule has 0 bridgehead atoms. The molecule has 4 heteroatoms. The first-order valence-electron chi connectivity index (χ1n) is 6.52. The van der Waals surface area contributed by atoms with E-state index in [2.05, 4.69) is 46.5 Å². The predicted octanol–water partition coefficient (Wildman–Crippen LogP) is 2.53. The Morgan fingerprint density at radius 2 is 1.84 bits per heavy atom. The van der Waals surface area contributed by atoms with E-state index in [-0.39, 0.29) is 0 Å². The Bertz CT molecular complexity index is 505. The fourth-order valence-corrected chi connectivity index (χ4v) is 1.88. The molecule has 0 amide bonds. The molecule has 0 radical (unpaired) electrons. The van der Waals surface area contributed by atoms with Gasteiger partial charge in [-0.05, 0) is 31.2 Å². The summed E-state index contributed by atoms with van der Waals surface area (Å²) < 4.78 is 0. The zero-order valence-electron chi connectivity index (χ0n) is 11.7. The Balaban J connectivity index is 2.15. The van der Waals surface area contributed by atoms with Crippen LogP contribution < -0.4 is 10.2 Å². The Morgan fingerprint density at radius 1 is 1.11 bits per heavy atom. The zero-order valence-corrected chi connectivity index (χ0v) is 11.7. The van der Waals surface area contributed by atoms with Gasteiger partial charge in [-0.15, -0.1) is 0 Å². The first-order chi connectivity index (χ1) is 9.24. The van der Waals surface area contributed by atoms with Crippen molar-refractivity contribution in [3.63, 3.8) is 0 Å². The molecule has 2 aromatic rings. The van der Waals surface area contributed by atoms with Gasteiger partial charge in [-0.3, -0.25) is 4.98 Å². The maximum absolute atomic E-state index is 4.44. The average molecular weight is 256 g/mol. The number of rotatable bonds is 5. The molecule has 1 N–H and O–H groups in total. The molecule has 1 heterocycles. The summed E-state index contributed by atoms with van der Waals surface area (Å²) in [6.07, 6.45) is 4.67. The molecule has 0 aliphatic rings. The quantitative estimate of drug-likeness (QED) is 0.892. The van der Waals surface area contributed by atoms with Crippen molar-refractivity contribution in [3.8, 4) is 0 Å². The van der Waals surface area contributed by atoms with E-state index in [1.807, 2.05) is 25.2 Å². The lowest BCUT2D eigenvalue weighted by Gasteiger charge is -2.18. The van der Waals surface area contributed by atoms with Crippen LogP contribution in [0.4, 0.5) is 11.5 Å². The van der Waals surface area contributed by atoms with E-state index in [1.165, 1.54) is 5.56 Å². The molecule has 0 saturated heterocycles. The summed E-state index contributed by atoms with van der Waals surface area (Å²) in [5, 5.41) is 3.06. The van der Waals surface area contributed by atoms with Crippen LogP contribution in [0.15, 0.2) is 36.7 Å². The first-order valence-corrected chi connectivity index (χ1v) is 6.52. The lowest BCUT2D eigenvalue weighted by Crippen LogP contribution is -2.13. The van der Waals surface area contributed by atoms with Gasteiger partial charge in [0.2, 0.25) is 0 Å². The van der Waals surface area contributed by atoms with Crippen molar-refractivity contribution in [1.29, 1.82) is 0 Å². The van der Waals surface area contributed by atoms with E-state index in [9.17, 15) is 0 Å². The van der Waals surface area contributed by atoms with Crippen molar-refractivity contribution in [3.05, 3.63) is 47.9 Å². The molecule has 0 aliphatic carbocycles. The van der Waals surface area contributed by atoms with Crippen LogP contribution in [0, 0.1) is 0 Å². The van der Waals surface area contributed by atoms with E-state index in [0.717, 1.165) is 30.2 Å². The van der Waals surface area contributed by atoms with Crippen LogP contribution in [-0.2, 0) is 13.0 Å². The second-order valence-electron chi connectivity index (χ2n) is 4.48. The van der Waals surface area contributed by atoms with Gasteiger partial charge in [0.05, 0.1) is 18.1 Å². The first kappa shape index (κ1) is 13.5. The minimum atomic E-state index is 0.738. The van der Waals surface area contributed by atoms with Crippen molar-refractivity contribution in [2.45, 2.75) is 19.9 Å². The SMILES string of the molecule is CCc1ccc(N(C)c2cnc(CNC)cn2)cc1. The fraction of sp³-hybridized carbons (Fsp3) is 0.333. The molecule has 0 unspecified atom stereocenters. The van der Waals surface area contributed by atoms with E-state index in [4.69, 9.17) is 0 Å². The number of anilines is 2. The molecule has 2 rings (SSSR count). The van der Waals surface area contributed by atoms with Crippen LogP contribution in [0.5, 0.6) is 0 Å². The normalized spacial score (nSPS) is 10.5. The number of hydrogen-bond donors (Lipinski definition) is 1. The smallest absolute Gasteiger partial charge is 0.151 e. The molecule has 19 heavy (non-hydrogen) atoms. The maximum Gasteiger partial charge on any atom is 0.151 e. The van der Waals surface area contributed by atoms with Gasteiger partial charge in [0.15, 0.2) is 5.82 Å². The summed E-state index contributed by atoms with van der Waals surface area (Å²) in [5.74, 6) is 0.851. The summed E-state index contributed by atoms with van der Waals surface area (Å²) in [4.78, 5) is 10.9. The number of benzene rings is 1. The van der Waals surface area contributed by atoms with Gasteiger partial charge in [-0.25, -0.2) is 4.98 Å². The highest BCUT2D eigenvalue weighted by atomic mass is 15.2. The molecule has 1 aromatic carbocycles. The van der Waals surface area contributed by atoms with Gasteiger partial charge < -0.3 is 10.2 Å². The van der Waals surface area contributed by atoms with Gasteiger partial charge in [-0.2, -0.15) is 0 Å².